The first-order chi connectivity index (χ1) is 7.88. The van der Waals surface area contributed by atoms with Crippen LogP contribution < -0.4 is 5.32 Å². The van der Waals surface area contributed by atoms with Gasteiger partial charge in [0.2, 0.25) is 11.8 Å². The molecule has 1 aliphatic heterocycles. The molecule has 0 aromatic carbocycles. The number of carbonyl (C=O) groups excluding carboxylic acids is 2. The normalized spacial score (nSPS) is 24.9. The molecule has 2 amide bonds. The molecule has 96 valence electrons. The van der Waals surface area contributed by atoms with E-state index in [0.29, 0.717) is 6.54 Å². The predicted octanol–water partition coefficient (Wildman–Crippen LogP) is 1.16. The van der Waals surface area contributed by atoms with Crippen LogP contribution in [0.15, 0.2) is 0 Å². The Morgan fingerprint density at radius 3 is 2.35 bits per heavy atom. The van der Waals surface area contributed by atoms with E-state index in [2.05, 4.69) is 5.32 Å². The molecule has 2 fully saturated rings. The van der Waals surface area contributed by atoms with Gasteiger partial charge in [0.25, 0.3) is 0 Å². The lowest BCUT2D eigenvalue weighted by Crippen LogP contribution is -2.43. The number of rotatable bonds is 2. The number of hydrogen-bond acceptors (Lipinski definition) is 2. The van der Waals surface area contributed by atoms with E-state index in [0.717, 1.165) is 25.8 Å². The monoisotopic (exact) mass is 238 g/mol. The molecular weight excluding hydrogens is 216 g/mol. The highest BCUT2D eigenvalue weighted by atomic mass is 16.2. The predicted molar refractivity (Wildman–Crippen MR) is 65.3 cm³/mol. The van der Waals surface area contributed by atoms with Crippen LogP contribution in [0, 0.1) is 11.3 Å². The first kappa shape index (κ1) is 12.4. The van der Waals surface area contributed by atoms with Crippen LogP contribution in [0.2, 0.25) is 0 Å². The van der Waals surface area contributed by atoms with Crippen LogP contribution in [0.4, 0.5) is 0 Å². The molecule has 4 heteroatoms. The molecule has 0 radical (unpaired) electrons. The van der Waals surface area contributed by atoms with Crippen molar-refractivity contribution in [3.05, 3.63) is 0 Å². The van der Waals surface area contributed by atoms with Crippen molar-refractivity contribution < 1.29 is 9.59 Å². The summed E-state index contributed by atoms with van der Waals surface area (Å²) in [6.45, 7) is 7.21. The van der Waals surface area contributed by atoms with E-state index in [1.807, 2.05) is 25.7 Å². The second-order valence-corrected chi connectivity index (χ2v) is 6.27. The van der Waals surface area contributed by atoms with Crippen LogP contribution in [0.5, 0.6) is 0 Å². The number of nitrogens with zero attached hydrogens (tertiary/aromatic N) is 1. The summed E-state index contributed by atoms with van der Waals surface area (Å²) < 4.78 is 0. The standard InChI is InChI=1S/C13H22N2O2/c1-13(2,3)12(17)14-10-6-7-15(8-10)11(16)9-4-5-9/h9-10H,4-8H2,1-3H3,(H,14,17)/t10-/m1/s1. The minimum atomic E-state index is -0.353. The van der Waals surface area contributed by atoms with Crippen molar-refractivity contribution in [3.63, 3.8) is 0 Å². The third-order valence-corrected chi connectivity index (χ3v) is 3.44. The molecule has 17 heavy (non-hydrogen) atoms. The Morgan fingerprint density at radius 2 is 1.82 bits per heavy atom. The fourth-order valence-electron chi connectivity index (χ4n) is 2.07. The fourth-order valence-corrected chi connectivity index (χ4v) is 2.07. The van der Waals surface area contributed by atoms with E-state index < -0.39 is 0 Å². The second-order valence-electron chi connectivity index (χ2n) is 6.27. The maximum absolute atomic E-state index is 11.8. The summed E-state index contributed by atoms with van der Waals surface area (Å²) in [5.41, 5.74) is -0.353. The zero-order valence-corrected chi connectivity index (χ0v) is 11.0. The van der Waals surface area contributed by atoms with Crippen molar-refractivity contribution in [3.8, 4) is 0 Å². The summed E-state index contributed by atoms with van der Waals surface area (Å²) >= 11 is 0. The molecule has 1 heterocycles. The van der Waals surface area contributed by atoms with Crippen LogP contribution in [0.1, 0.15) is 40.0 Å². The molecule has 2 aliphatic rings. The molecule has 1 saturated heterocycles. The molecule has 1 N–H and O–H groups in total. The fraction of sp³-hybridized carbons (Fsp3) is 0.846. The smallest absolute Gasteiger partial charge is 0.225 e. The van der Waals surface area contributed by atoms with Gasteiger partial charge in [-0.1, -0.05) is 20.8 Å². The number of amides is 2. The molecule has 1 atom stereocenters. The van der Waals surface area contributed by atoms with Gasteiger partial charge < -0.3 is 10.2 Å². The molecule has 1 saturated carbocycles. The van der Waals surface area contributed by atoms with Gasteiger partial charge in [0.1, 0.15) is 0 Å². The molecular formula is C13H22N2O2. The second kappa shape index (κ2) is 4.31. The van der Waals surface area contributed by atoms with Crippen molar-refractivity contribution in [2.45, 2.75) is 46.1 Å². The first-order valence-corrected chi connectivity index (χ1v) is 6.47. The van der Waals surface area contributed by atoms with Crippen molar-refractivity contribution in [2.24, 2.45) is 11.3 Å². The molecule has 0 bridgehead atoms. The highest BCUT2D eigenvalue weighted by molar-refractivity contribution is 5.83. The Hall–Kier alpha value is -1.06. The van der Waals surface area contributed by atoms with E-state index in [4.69, 9.17) is 0 Å². The van der Waals surface area contributed by atoms with Gasteiger partial charge in [-0.25, -0.2) is 0 Å². The number of carbonyl (C=O) groups is 2. The summed E-state index contributed by atoms with van der Waals surface area (Å²) in [4.78, 5) is 25.6. The molecule has 0 aromatic rings. The Kier molecular flexibility index (Phi) is 3.15. The van der Waals surface area contributed by atoms with Gasteiger partial charge in [0.05, 0.1) is 0 Å². The minimum Gasteiger partial charge on any atom is -0.351 e. The largest absolute Gasteiger partial charge is 0.351 e. The summed E-state index contributed by atoms with van der Waals surface area (Å²) in [6.07, 6.45) is 2.99. The average Bonchev–Trinajstić information content (AvgIpc) is 2.97. The van der Waals surface area contributed by atoms with Crippen LogP contribution in [-0.4, -0.2) is 35.8 Å². The highest BCUT2D eigenvalue weighted by Crippen LogP contribution is 2.32. The van der Waals surface area contributed by atoms with Gasteiger partial charge in [-0.15, -0.1) is 0 Å². The van der Waals surface area contributed by atoms with E-state index in [1.54, 1.807) is 0 Å². The summed E-state index contributed by atoms with van der Waals surface area (Å²) in [6, 6.07) is 0.143. The molecule has 0 spiro atoms. The zero-order chi connectivity index (χ0) is 12.6. The number of hydrogen-bond donors (Lipinski definition) is 1. The quantitative estimate of drug-likeness (QED) is 0.785. The van der Waals surface area contributed by atoms with Gasteiger partial charge in [-0.05, 0) is 19.3 Å². The first-order valence-electron chi connectivity index (χ1n) is 6.47. The summed E-state index contributed by atoms with van der Waals surface area (Å²) in [7, 11) is 0. The third kappa shape index (κ3) is 2.99. The van der Waals surface area contributed by atoms with Gasteiger partial charge in [-0.3, -0.25) is 9.59 Å². The van der Waals surface area contributed by atoms with E-state index >= 15 is 0 Å². The Labute approximate surface area is 103 Å². The minimum absolute atomic E-state index is 0.0724. The van der Waals surface area contributed by atoms with Gasteiger partial charge in [0.15, 0.2) is 0 Å². The van der Waals surface area contributed by atoms with Crippen LogP contribution in [-0.2, 0) is 9.59 Å². The maximum atomic E-state index is 11.8. The summed E-state index contributed by atoms with van der Waals surface area (Å²) in [5.74, 6) is 0.646. The van der Waals surface area contributed by atoms with E-state index in [-0.39, 0.29) is 29.2 Å². The Morgan fingerprint density at radius 1 is 1.18 bits per heavy atom. The lowest BCUT2D eigenvalue weighted by Gasteiger charge is -2.22. The van der Waals surface area contributed by atoms with Crippen molar-refractivity contribution >= 4 is 11.8 Å². The number of likely N-dealkylation sites (tertiary alicyclic amines) is 1. The molecule has 4 nitrogen and oxygen atoms in total. The van der Waals surface area contributed by atoms with Gasteiger partial charge in [0, 0.05) is 30.5 Å². The van der Waals surface area contributed by atoms with Crippen LogP contribution in [0.3, 0.4) is 0 Å². The van der Waals surface area contributed by atoms with Gasteiger partial charge >= 0.3 is 0 Å². The Balaban J connectivity index is 1.81. The van der Waals surface area contributed by atoms with Crippen molar-refractivity contribution in [2.75, 3.05) is 13.1 Å². The summed E-state index contributed by atoms with van der Waals surface area (Å²) in [5, 5.41) is 3.03. The number of nitrogens with one attached hydrogen (secondary N) is 1. The van der Waals surface area contributed by atoms with E-state index in [1.165, 1.54) is 0 Å². The van der Waals surface area contributed by atoms with Crippen LogP contribution in [0.25, 0.3) is 0 Å². The Bertz CT molecular complexity index is 329. The lowest BCUT2D eigenvalue weighted by molar-refractivity contribution is -0.132. The van der Waals surface area contributed by atoms with E-state index in [9.17, 15) is 9.59 Å². The highest BCUT2D eigenvalue weighted by Gasteiger charge is 2.37. The topological polar surface area (TPSA) is 49.4 Å². The molecule has 0 unspecified atom stereocenters. The van der Waals surface area contributed by atoms with Gasteiger partial charge in [-0.2, -0.15) is 0 Å². The maximum Gasteiger partial charge on any atom is 0.225 e. The molecule has 2 rings (SSSR count). The zero-order valence-electron chi connectivity index (χ0n) is 11.0. The SMILES string of the molecule is CC(C)(C)C(=O)N[C@@H]1CCN(C(=O)C2CC2)C1. The lowest BCUT2D eigenvalue weighted by atomic mass is 9.95. The van der Waals surface area contributed by atoms with Crippen LogP contribution >= 0.6 is 0 Å². The van der Waals surface area contributed by atoms with Crippen molar-refractivity contribution in [1.29, 1.82) is 0 Å². The third-order valence-electron chi connectivity index (χ3n) is 3.44. The molecule has 1 aliphatic carbocycles. The average molecular weight is 238 g/mol. The van der Waals surface area contributed by atoms with Crippen molar-refractivity contribution in [1.82, 2.24) is 10.2 Å². The molecule has 0 aromatic heterocycles.